The molecular formula is C31H37NO4. The first-order valence-electron chi connectivity index (χ1n) is 13.5. The molecule has 2 aliphatic heterocycles. The monoisotopic (exact) mass is 487 g/mol. The summed E-state index contributed by atoms with van der Waals surface area (Å²) in [5.41, 5.74) is 3.33. The third-order valence-electron chi connectivity index (χ3n) is 7.41. The van der Waals surface area contributed by atoms with E-state index in [1.807, 2.05) is 32.0 Å². The number of amides is 1. The molecule has 0 radical (unpaired) electrons. The molecule has 1 amide bonds. The molecule has 1 saturated carbocycles. The van der Waals surface area contributed by atoms with Crippen LogP contribution in [0.5, 0.6) is 17.2 Å². The highest BCUT2D eigenvalue weighted by Crippen LogP contribution is 2.41. The average Bonchev–Trinajstić information content (AvgIpc) is 2.89. The molecule has 3 aromatic carbocycles. The van der Waals surface area contributed by atoms with E-state index in [0.29, 0.717) is 18.9 Å². The van der Waals surface area contributed by atoms with Gasteiger partial charge in [-0.1, -0.05) is 56.2 Å². The Morgan fingerprint density at radius 1 is 1.03 bits per heavy atom. The number of carbonyl (C=O) groups excluding carboxylic acids is 1. The molecule has 0 aromatic heterocycles. The van der Waals surface area contributed by atoms with Gasteiger partial charge in [-0.2, -0.15) is 0 Å². The molecule has 3 atom stereocenters. The molecule has 5 nitrogen and oxygen atoms in total. The summed E-state index contributed by atoms with van der Waals surface area (Å²) in [6.45, 7) is 6.71. The van der Waals surface area contributed by atoms with E-state index < -0.39 is 0 Å². The lowest BCUT2D eigenvalue weighted by Gasteiger charge is -2.34. The molecule has 1 N–H and O–H groups in total. The Morgan fingerprint density at radius 3 is 2.81 bits per heavy atom. The number of anilines is 1. The van der Waals surface area contributed by atoms with Crippen LogP contribution in [-0.2, 0) is 11.2 Å². The first-order chi connectivity index (χ1) is 17.6. The van der Waals surface area contributed by atoms with Crippen molar-refractivity contribution in [1.29, 1.82) is 0 Å². The van der Waals surface area contributed by atoms with Crippen molar-refractivity contribution < 1.29 is 19.0 Å². The maximum Gasteiger partial charge on any atom is 0.224 e. The van der Waals surface area contributed by atoms with E-state index in [2.05, 4.69) is 42.6 Å². The lowest BCUT2D eigenvalue weighted by Crippen LogP contribution is -2.34. The van der Waals surface area contributed by atoms with Crippen LogP contribution >= 0.6 is 0 Å². The van der Waals surface area contributed by atoms with Gasteiger partial charge >= 0.3 is 0 Å². The first-order valence-corrected chi connectivity index (χ1v) is 13.5. The van der Waals surface area contributed by atoms with Crippen LogP contribution in [0.4, 0.5) is 5.69 Å². The molecule has 0 bridgehead atoms. The fraction of sp³-hybridized carbons (Fsp3) is 0.452. The molecule has 190 valence electrons. The molecule has 6 rings (SSSR count). The van der Waals surface area contributed by atoms with Gasteiger partial charge in [0, 0.05) is 23.6 Å². The molecule has 5 heteroatoms. The minimum Gasteiger partial charge on any atom is -0.490 e. The summed E-state index contributed by atoms with van der Waals surface area (Å²) in [7, 11) is 0. The average molecular weight is 488 g/mol. The summed E-state index contributed by atoms with van der Waals surface area (Å²) in [5.74, 6) is 3.20. The van der Waals surface area contributed by atoms with Crippen LogP contribution in [0.2, 0.25) is 0 Å². The smallest absolute Gasteiger partial charge is 0.224 e. The number of fused-ring (bicyclic) bond motifs is 4. The summed E-state index contributed by atoms with van der Waals surface area (Å²) in [5, 5.41) is 5.29. The van der Waals surface area contributed by atoms with E-state index in [1.54, 1.807) is 0 Å². The topological polar surface area (TPSA) is 56.8 Å². The lowest BCUT2D eigenvalue weighted by molar-refractivity contribution is -0.116. The van der Waals surface area contributed by atoms with Gasteiger partial charge in [0.25, 0.3) is 0 Å². The Bertz CT molecular complexity index is 1240. The molecule has 36 heavy (non-hydrogen) atoms. The van der Waals surface area contributed by atoms with E-state index in [4.69, 9.17) is 14.2 Å². The van der Waals surface area contributed by atoms with Gasteiger partial charge < -0.3 is 19.5 Å². The van der Waals surface area contributed by atoms with Crippen LogP contribution in [0.3, 0.4) is 0 Å². The normalized spacial score (nSPS) is 22.6. The summed E-state index contributed by atoms with van der Waals surface area (Å²) >= 11 is 0. The summed E-state index contributed by atoms with van der Waals surface area (Å²) in [4.78, 5) is 11.7. The van der Waals surface area contributed by atoms with Crippen LogP contribution in [0.25, 0.3) is 10.8 Å². The number of ether oxygens (including phenoxy) is 3. The molecule has 2 heterocycles. The standard InChI is InChI=1S/C29H31NO4.C2H6/c1-18-5-10-25-21(13-18)7-11-27-29(25)34-24(17-32-27)15-19-3-2-4-22(14-19)33-23-9-6-20-8-12-28(31)30-26(20)16-23;1-2/h5-7,9-11,13,16,19,22,24H,2-4,8,12,14-15,17H2,1H3,(H,30,31);1-2H3/t19?,22-,24-;/m0./s1. The molecule has 1 aliphatic carbocycles. The molecule has 0 saturated heterocycles. The number of rotatable bonds is 4. The SMILES string of the molecule is CC.Cc1ccc2c3c(ccc2c1)OC[C@H](CC1CCC[C@H](Oc2ccc4c(c2)NC(=O)CC4)C1)O3. The third-order valence-corrected chi connectivity index (χ3v) is 7.41. The van der Waals surface area contributed by atoms with Crippen molar-refractivity contribution in [2.45, 2.75) is 77.9 Å². The predicted molar refractivity (Wildman–Crippen MR) is 144 cm³/mol. The number of aryl methyl sites for hydroxylation is 2. The van der Waals surface area contributed by atoms with Crippen molar-refractivity contribution in [2.24, 2.45) is 5.92 Å². The number of carbonyl (C=O) groups is 1. The zero-order valence-corrected chi connectivity index (χ0v) is 21.6. The van der Waals surface area contributed by atoms with Crippen LogP contribution in [0.1, 0.15) is 63.5 Å². The van der Waals surface area contributed by atoms with Crippen LogP contribution in [-0.4, -0.2) is 24.7 Å². The van der Waals surface area contributed by atoms with Gasteiger partial charge in [-0.3, -0.25) is 4.79 Å². The second kappa shape index (κ2) is 10.8. The van der Waals surface area contributed by atoms with Crippen molar-refractivity contribution in [3.63, 3.8) is 0 Å². The van der Waals surface area contributed by atoms with E-state index >= 15 is 0 Å². The number of benzene rings is 3. The second-order valence-corrected chi connectivity index (χ2v) is 10.0. The Kier molecular flexibility index (Phi) is 7.35. The number of nitrogens with one attached hydrogen (secondary N) is 1. The maximum atomic E-state index is 11.7. The van der Waals surface area contributed by atoms with Crippen molar-refractivity contribution in [1.82, 2.24) is 0 Å². The number of hydrogen-bond donors (Lipinski definition) is 1. The summed E-state index contributed by atoms with van der Waals surface area (Å²) in [6, 6.07) is 16.7. The van der Waals surface area contributed by atoms with Crippen LogP contribution in [0.15, 0.2) is 48.5 Å². The van der Waals surface area contributed by atoms with Crippen molar-refractivity contribution >= 4 is 22.4 Å². The maximum absolute atomic E-state index is 11.7. The van der Waals surface area contributed by atoms with Gasteiger partial charge in [0.1, 0.15) is 18.5 Å². The van der Waals surface area contributed by atoms with Crippen LogP contribution in [0, 0.1) is 12.8 Å². The molecule has 1 unspecified atom stereocenters. The highest BCUT2D eigenvalue weighted by atomic mass is 16.6. The highest BCUT2D eigenvalue weighted by molar-refractivity contribution is 5.94. The Balaban J connectivity index is 0.00000130. The Morgan fingerprint density at radius 2 is 1.92 bits per heavy atom. The summed E-state index contributed by atoms with van der Waals surface area (Å²) in [6.07, 6.45) is 7.02. The second-order valence-electron chi connectivity index (χ2n) is 10.0. The molecule has 3 aromatic rings. The fourth-order valence-electron chi connectivity index (χ4n) is 5.69. The van der Waals surface area contributed by atoms with Crippen molar-refractivity contribution in [3.05, 3.63) is 59.7 Å². The first kappa shape index (κ1) is 24.5. The third kappa shape index (κ3) is 5.30. The van der Waals surface area contributed by atoms with Gasteiger partial charge in [0.05, 0.1) is 6.10 Å². The van der Waals surface area contributed by atoms with E-state index in [-0.39, 0.29) is 18.1 Å². The van der Waals surface area contributed by atoms with E-state index in [1.165, 1.54) is 22.9 Å². The van der Waals surface area contributed by atoms with E-state index in [0.717, 1.165) is 60.4 Å². The Labute approximate surface area is 214 Å². The predicted octanol–water partition coefficient (Wildman–Crippen LogP) is 7.23. The number of hydrogen-bond acceptors (Lipinski definition) is 4. The lowest BCUT2D eigenvalue weighted by atomic mass is 9.83. The highest BCUT2D eigenvalue weighted by Gasteiger charge is 2.30. The largest absolute Gasteiger partial charge is 0.490 e. The van der Waals surface area contributed by atoms with Gasteiger partial charge in [-0.25, -0.2) is 0 Å². The van der Waals surface area contributed by atoms with Gasteiger partial charge in [0.2, 0.25) is 5.91 Å². The molecule has 1 fully saturated rings. The van der Waals surface area contributed by atoms with Gasteiger partial charge in [0.15, 0.2) is 11.5 Å². The van der Waals surface area contributed by atoms with Gasteiger partial charge in [-0.05, 0) is 68.0 Å². The van der Waals surface area contributed by atoms with Crippen LogP contribution < -0.4 is 19.5 Å². The van der Waals surface area contributed by atoms with Crippen molar-refractivity contribution in [2.75, 3.05) is 11.9 Å². The molecular weight excluding hydrogens is 450 g/mol. The minimum atomic E-state index is 0.0575. The Hall–Kier alpha value is -3.21. The minimum absolute atomic E-state index is 0.0575. The quantitative estimate of drug-likeness (QED) is 0.422. The van der Waals surface area contributed by atoms with E-state index in [9.17, 15) is 4.79 Å². The van der Waals surface area contributed by atoms with Gasteiger partial charge in [-0.15, -0.1) is 0 Å². The summed E-state index contributed by atoms with van der Waals surface area (Å²) < 4.78 is 19.0. The van der Waals surface area contributed by atoms with Crippen molar-refractivity contribution in [3.8, 4) is 17.2 Å². The fourth-order valence-corrected chi connectivity index (χ4v) is 5.69. The zero-order valence-electron chi connectivity index (χ0n) is 21.6. The molecule has 3 aliphatic rings. The molecule has 0 spiro atoms. The zero-order chi connectivity index (χ0) is 25.1.